The fourth-order valence-electron chi connectivity index (χ4n) is 3.17. The second-order valence-electron chi connectivity index (χ2n) is 7.05. The van der Waals surface area contributed by atoms with E-state index in [4.69, 9.17) is 4.74 Å². The number of methoxy groups -OCH3 is 1. The van der Waals surface area contributed by atoms with Gasteiger partial charge < -0.3 is 4.74 Å². The van der Waals surface area contributed by atoms with Gasteiger partial charge in [0.05, 0.1) is 7.11 Å². The normalized spacial score (nSPS) is 26.9. The Bertz CT molecular complexity index is 507. The van der Waals surface area contributed by atoms with Crippen LogP contribution >= 0.6 is 0 Å². The molecule has 1 aliphatic carbocycles. The van der Waals surface area contributed by atoms with Crippen molar-refractivity contribution in [3.05, 3.63) is 0 Å². The Morgan fingerprint density at radius 3 is 2.43 bits per heavy atom. The molecular weight excluding hydrogens is 294 g/mol. The summed E-state index contributed by atoms with van der Waals surface area (Å²) in [6.45, 7) is 9.61. The second kappa shape index (κ2) is 7.84. The van der Waals surface area contributed by atoms with Gasteiger partial charge in [-0.05, 0) is 31.6 Å². The summed E-state index contributed by atoms with van der Waals surface area (Å²) in [5.74, 6) is -2.84. The molecule has 5 heteroatoms. The molecule has 0 unspecified atom stereocenters. The van der Waals surface area contributed by atoms with E-state index in [0.29, 0.717) is 25.0 Å². The highest BCUT2D eigenvalue weighted by atomic mass is 16.5. The number of hydrogen-bond donors (Lipinski definition) is 0. The molecule has 130 valence electrons. The summed E-state index contributed by atoms with van der Waals surface area (Å²) >= 11 is 0. The van der Waals surface area contributed by atoms with E-state index in [1.54, 1.807) is 0 Å². The Labute approximate surface area is 138 Å². The molecule has 0 aromatic carbocycles. The van der Waals surface area contributed by atoms with Crippen LogP contribution in [0.1, 0.15) is 60.3 Å². The third-order valence-corrected chi connectivity index (χ3v) is 4.55. The number of nitrogens with zero attached hydrogens (tertiary/aromatic N) is 1. The number of aliphatic imine (C=N–C) groups is 1. The van der Waals surface area contributed by atoms with Gasteiger partial charge in [-0.2, -0.15) is 0 Å². The van der Waals surface area contributed by atoms with Gasteiger partial charge >= 0.3 is 5.97 Å². The van der Waals surface area contributed by atoms with Crippen molar-refractivity contribution in [3.63, 3.8) is 0 Å². The minimum atomic E-state index is -0.908. The average molecular weight is 323 g/mol. The first-order valence-electron chi connectivity index (χ1n) is 8.40. The lowest BCUT2D eigenvalue weighted by atomic mass is 9.62. The van der Waals surface area contributed by atoms with E-state index in [2.05, 4.69) is 4.99 Å². The second-order valence-corrected chi connectivity index (χ2v) is 7.05. The maximum Gasteiger partial charge on any atom is 0.316 e. The molecule has 0 aromatic rings. The van der Waals surface area contributed by atoms with Crippen molar-refractivity contribution >= 4 is 23.2 Å². The van der Waals surface area contributed by atoms with Crippen molar-refractivity contribution in [2.75, 3.05) is 7.11 Å². The highest BCUT2D eigenvalue weighted by Gasteiger charge is 2.52. The molecule has 1 saturated carbocycles. The molecule has 0 amide bonds. The maximum absolute atomic E-state index is 12.9. The summed E-state index contributed by atoms with van der Waals surface area (Å²) in [4.78, 5) is 42.2. The van der Waals surface area contributed by atoms with E-state index in [9.17, 15) is 14.4 Å². The van der Waals surface area contributed by atoms with Crippen LogP contribution in [0.5, 0.6) is 0 Å². The Hall–Kier alpha value is -1.52. The summed E-state index contributed by atoms with van der Waals surface area (Å²) < 4.78 is 4.81. The highest BCUT2D eigenvalue weighted by Crippen LogP contribution is 2.41. The zero-order valence-electron chi connectivity index (χ0n) is 15.1. The Morgan fingerprint density at radius 2 is 1.96 bits per heavy atom. The number of esters is 1. The van der Waals surface area contributed by atoms with E-state index in [-0.39, 0.29) is 17.6 Å². The summed E-state index contributed by atoms with van der Waals surface area (Å²) in [6.07, 6.45) is 2.30. The van der Waals surface area contributed by atoms with Crippen LogP contribution in [-0.2, 0) is 19.1 Å². The summed E-state index contributed by atoms with van der Waals surface area (Å²) in [5, 5.41) is 0. The number of ether oxygens (including phenoxy) is 1. The van der Waals surface area contributed by atoms with E-state index >= 15 is 0 Å². The molecule has 1 rings (SSSR count). The van der Waals surface area contributed by atoms with Crippen LogP contribution in [0.3, 0.4) is 0 Å². The molecule has 0 saturated heterocycles. The van der Waals surface area contributed by atoms with Gasteiger partial charge in [-0.3, -0.25) is 19.4 Å². The Kier molecular flexibility index (Phi) is 6.66. The molecule has 0 spiro atoms. The van der Waals surface area contributed by atoms with Crippen LogP contribution in [0.15, 0.2) is 4.99 Å². The molecule has 0 aromatic heterocycles. The van der Waals surface area contributed by atoms with Crippen LogP contribution in [0.4, 0.5) is 0 Å². The molecule has 0 heterocycles. The van der Waals surface area contributed by atoms with Gasteiger partial charge in [0.25, 0.3) is 0 Å². The van der Waals surface area contributed by atoms with Crippen LogP contribution < -0.4 is 0 Å². The predicted octanol–water partition coefficient (Wildman–Crippen LogP) is 3.00. The molecule has 3 atom stereocenters. The fraction of sp³-hybridized carbons (Fsp3) is 0.778. The van der Waals surface area contributed by atoms with E-state index < -0.39 is 23.2 Å². The monoisotopic (exact) mass is 323 g/mol. The zero-order chi connectivity index (χ0) is 17.8. The Balaban J connectivity index is 3.32. The third-order valence-electron chi connectivity index (χ3n) is 4.55. The minimum absolute atomic E-state index is 0.0557. The van der Waals surface area contributed by atoms with Crippen molar-refractivity contribution in [3.8, 4) is 0 Å². The first-order chi connectivity index (χ1) is 10.7. The van der Waals surface area contributed by atoms with Crippen molar-refractivity contribution in [2.45, 2.75) is 66.3 Å². The summed E-state index contributed by atoms with van der Waals surface area (Å²) in [6, 6.07) is 0.0557. The number of hydrogen-bond acceptors (Lipinski definition) is 5. The van der Waals surface area contributed by atoms with Gasteiger partial charge in [-0.25, -0.2) is 0 Å². The topological polar surface area (TPSA) is 72.8 Å². The standard InChI is InChI=1S/C18H29NO4/c1-7-9-13(20)14-12(19-11(3)8-2)10-18(4,5)15(16(14)21)17(22)23-6/h11,14-15H,7-10H2,1-6H3/t11-,14+,15+/m1/s1. The number of carbonyl (C=O) groups is 3. The quantitative estimate of drug-likeness (QED) is 0.556. The molecule has 0 N–H and O–H groups in total. The van der Waals surface area contributed by atoms with E-state index in [0.717, 1.165) is 6.42 Å². The molecular formula is C18H29NO4. The Morgan fingerprint density at radius 1 is 1.35 bits per heavy atom. The molecule has 0 bridgehead atoms. The first kappa shape index (κ1) is 19.5. The van der Waals surface area contributed by atoms with Gasteiger partial charge in [0.2, 0.25) is 0 Å². The minimum Gasteiger partial charge on any atom is -0.468 e. The SMILES string of the molecule is CCCC(=O)[C@H]1C(=O)[C@@H](C(=O)OC)C(C)(C)CC1=N[C@H](C)CC. The first-order valence-corrected chi connectivity index (χ1v) is 8.40. The lowest BCUT2D eigenvalue weighted by Crippen LogP contribution is -2.52. The third kappa shape index (κ3) is 4.27. The van der Waals surface area contributed by atoms with Crippen molar-refractivity contribution in [2.24, 2.45) is 22.2 Å². The van der Waals surface area contributed by atoms with Gasteiger partial charge in [0.15, 0.2) is 5.78 Å². The molecule has 1 aliphatic rings. The van der Waals surface area contributed by atoms with Crippen molar-refractivity contribution < 1.29 is 19.1 Å². The van der Waals surface area contributed by atoms with E-state index in [1.165, 1.54) is 7.11 Å². The highest BCUT2D eigenvalue weighted by molar-refractivity contribution is 6.26. The fourth-order valence-corrected chi connectivity index (χ4v) is 3.17. The van der Waals surface area contributed by atoms with Gasteiger partial charge in [0, 0.05) is 18.2 Å². The maximum atomic E-state index is 12.9. The number of rotatable bonds is 6. The van der Waals surface area contributed by atoms with Crippen LogP contribution in [-0.4, -0.2) is 36.4 Å². The number of carbonyl (C=O) groups excluding carboxylic acids is 3. The molecule has 0 aliphatic heterocycles. The zero-order valence-corrected chi connectivity index (χ0v) is 15.1. The van der Waals surface area contributed by atoms with Crippen LogP contribution in [0.25, 0.3) is 0 Å². The van der Waals surface area contributed by atoms with Gasteiger partial charge in [-0.15, -0.1) is 0 Å². The van der Waals surface area contributed by atoms with Crippen molar-refractivity contribution in [1.29, 1.82) is 0 Å². The molecule has 0 radical (unpaired) electrons. The molecule has 23 heavy (non-hydrogen) atoms. The summed E-state index contributed by atoms with van der Waals surface area (Å²) in [7, 11) is 1.28. The lowest BCUT2D eigenvalue weighted by Gasteiger charge is -2.39. The van der Waals surface area contributed by atoms with Gasteiger partial charge in [-0.1, -0.05) is 27.7 Å². The summed E-state index contributed by atoms with van der Waals surface area (Å²) in [5.41, 5.74) is 0.0346. The largest absolute Gasteiger partial charge is 0.468 e. The average Bonchev–Trinajstić information content (AvgIpc) is 2.45. The number of ketones is 2. The van der Waals surface area contributed by atoms with Crippen LogP contribution in [0, 0.1) is 17.3 Å². The lowest BCUT2D eigenvalue weighted by molar-refractivity contribution is -0.156. The van der Waals surface area contributed by atoms with Crippen LogP contribution in [0.2, 0.25) is 0 Å². The van der Waals surface area contributed by atoms with Crippen molar-refractivity contribution in [1.82, 2.24) is 0 Å². The molecule has 1 fully saturated rings. The van der Waals surface area contributed by atoms with E-state index in [1.807, 2.05) is 34.6 Å². The molecule has 5 nitrogen and oxygen atoms in total. The number of Topliss-reactive ketones (excluding diaryl/α,β-unsaturated/α-hetero) is 2. The smallest absolute Gasteiger partial charge is 0.316 e. The van der Waals surface area contributed by atoms with Gasteiger partial charge in [0.1, 0.15) is 17.6 Å². The predicted molar refractivity (Wildman–Crippen MR) is 89.5 cm³/mol.